The van der Waals surface area contributed by atoms with E-state index in [9.17, 15) is 45.2 Å². The molecule has 2 aliphatic carbocycles. The minimum atomic E-state index is -4.89. The molecule has 2 saturated carbocycles. The predicted molar refractivity (Wildman–Crippen MR) is 203 cm³/mol. The molecule has 0 bridgehead atoms. The van der Waals surface area contributed by atoms with Crippen molar-refractivity contribution in [3.05, 3.63) is 42.4 Å². The number of pyridine rings is 1. The monoisotopic (exact) mass is 837 g/mol. The van der Waals surface area contributed by atoms with Gasteiger partial charge in [0.15, 0.2) is 17.3 Å². The fraction of sp³-hybridized carbons (Fsp3) is 0.634. The Hall–Kier alpha value is -4.28. The van der Waals surface area contributed by atoms with Crippen LogP contribution in [0.25, 0.3) is 10.8 Å². The Morgan fingerprint density at radius 1 is 1.10 bits per heavy atom. The Labute approximate surface area is 335 Å². The Bertz CT molecular complexity index is 2070. The van der Waals surface area contributed by atoms with Gasteiger partial charge in [0.1, 0.15) is 6.10 Å². The van der Waals surface area contributed by atoms with Crippen molar-refractivity contribution in [2.24, 2.45) is 29.1 Å². The SMILES string of the molecule is CC[C@@H]1C[C@H](C)CC/C=C\[C@@H]2C[C@@]2(C(=O)NS(=O)(=O)C2CC2)CC(=O)[C@@H]2C[C@@H](Oc3nccc4cc(OC)c(F)cc34)CN2C(=O)[C@H]1CC(=O)OC(C)(C)C(F)(F)F. The number of hydrogen-bond acceptors (Lipinski definition) is 10. The first-order chi connectivity index (χ1) is 27.2. The van der Waals surface area contributed by atoms with E-state index >= 15 is 0 Å². The molecule has 6 rings (SSSR count). The maximum absolute atomic E-state index is 14.9. The van der Waals surface area contributed by atoms with Crippen molar-refractivity contribution < 1.29 is 59.4 Å². The Morgan fingerprint density at radius 2 is 1.83 bits per heavy atom. The number of nitrogens with one attached hydrogen (secondary N) is 1. The van der Waals surface area contributed by atoms with Gasteiger partial charge in [0, 0.05) is 24.4 Å². The molecule has 58 heavy (non-hydrogen) atoms. The first-order valence-electron chi connectivity index (χ1n) is 19.8. The molecule has 17 heteroatoms. The van der Waals surface area contributed by atoms with Gasteiger partial charge in [-0.1, -0.05) is 32.4 Å². The molecule has 0 unspecified atom stereocenters. The minimum Gasteiger partial charge on any atom is -0.494 e. The van der Waals surface area contributed by atoms with E-state index in [-0.39, 0.29) is 42.3 Å². The lowest BCUT2D eigenvalue weighted by Gasteiger charge is -2.34. The zero-order valence-electron chi connectivity index (χ0n) is 33.3. The maximum atomic E-state index is 14.9. The average Bonchev–Trinajstić information content (AvgIpc) is 4.07. The summed E-state index contributed by atoms with van der Waals surface area (Å²) in [5, 5.41) is 0.136. The number of ether oxygens (including phenoxy) is 3. The zero-order valence-corrected chi connectivity index (χ0v) is 34.1. The molecular weight excluding hydrogens is 787 g/mol. The van der Waals surface area contributed by atoms with Crippen LogP contribution in [0.3, 0.4) is 0 Å². The van der Waals surface area contributed by atoms with E-state index in [1.807, 2.05) is 26.0 Å². The molecule has 4 aliphatic rings. The van der Waals surface area contributed by atoms with Gasteiger partial charge in [-0.05, 0) is 93.7 Å². The van der Waals surface area contributed by atoms with Gasteiger partial charge in [-0.3, -0.25) is 23.9 Å². The van der Waals surface area contributed by atoms with Crippen LogP contribution in [-0.4, -0.2) is 84.7 Å². The summed E-state index contributed by atoms with van der Waals surface area (Å²) in [5.41, 5.74) is -4.24. The third-order valence-corrected chi connectivity index (χ3v) is 14.0. The Kier molecular flexibility index (Phi) is 12.2. The van der Waals surface area contributed by atoms with Gasteiger partial charge in [0.2, 0.25) is 33.3 Å². The van der Waals surface area contributed by atoms with Gasteiger partial charge in [0.25, 0.3) is 0 Å². The second kappa shape index (κ2) is 16.4. The molecule has 7 atom stereocenters. The van der Waals surface area contributed by atoms with Crippen molar-refractivity contribution in [3.8, 4) is 11.6 Å². The van der Waals surface area contributed by atoms with E-state index in [1.165, 1.54) is 30.3 Å². The summed E-state index contributed by atoms with van der Waals surface area (Å²) < 4.78 is 101. The summed E-state index contributed by atoms with van der Waals surface area (Å²) in [6.07, 6.45) is 1.26. The lowest BCUT2D eigenvalue weighted by atomic mass is 9.79. The number of sulfonamides is 1. The number of hydrogen-bond donors (Lipinski definition) is 1. The van der Waals surface area contributed by atoms with Crippen LogP contribution in [0.4, 0.5) is 17.6 Å². The highest BCUT2D eigenvalue weighted by atomic mass is 32.2. The summed E-state index contributed by atoms with van der Waals surface area (Å²) >= 11 is 0. The van der Waals surface area contributed by atoms with Crippen LogP contribution in [-0.2, 0) is 33.9 Å². The first kappa shape index (κ1) is 43.3. The fourth-order valence-corrected chi connectivity index (χ4v) is 9.75. The molecule has 2 aromatic rings. The largest absolute Gasteiger partial charge is 0.494 e. The van der Waals surface area contributed by atoms with Crippen LogP contribution in [0, 0.1) is 34.9 Å². The van der Waals surface area contributed by atoms with Crippen LogP contribution >= 0.6 is 0 Å². The van der Waals surface area contributed by atoms with Gasteiger partial charge in [-0.15, -0.1) is 0 Å². The number of aromatic nitrogens is 1. The van der Waals surface area contributed by atoms with Crippen molar-refractivity contribution in [1.29, 1.82) is 0 Å². The topological polar surface area (TPSA) is 158 Å². The molecule has 2 aliphatic heterocycles. The number of esters is 1. The number of methoxy groups -OCH3 is 1. The van der Waals surface area contributed by atoms with Gasteiger partial charge < -0.3 is 19.1 Å². The van der Waals surface area contributed by atoms with Gasteiger partial charge in [0.05, 0.1) is 42.7 Å². The molecule has 12 nitrogen and oxygen atoms in total. The molecule has 1 aromatic heterocycles. The van der Waals surface area contributed by atoms with Gasteiger partial charge >= 0.3 is 12.1 Å². The summed E-state index contributed by atoms with van der Waals surface area (Å²) in [6.45, 7) is 5.03. The number of fused-ring (bicyclic) bond motifs is 3. The summed E-state index contributed by atoms with van der Waals surface area (Å²) in [7, 11) is -2.64. The van der Waals surface area contributed by atoms with E-state index in [0.717, 1.165) is 13.8 Å². The van der Waals surface area contributed by atoms with Crippen molar-refractivity contribution in [3.63, 3.8) is 0 Å². The second-order valence-electron chi connectivity index (χ2n) is 16.9. The van der Waals surface area contributed by atoms with Crippen LogP contribution in [0.15, 0.2) is 36.5 Å². The number of halogens is 4. The van der Waals surface area contributed by atoms with Crippen molar-refractivity contribution in [2.45, 2.75) is 121 Å². The number of benzene rings is 1. The molecule has 1 saturated heterocycles. The molecular formula is C41H51F4N3O9S. The van der Waals surface area contributed by atoms with Crippen LogP contribution in [0.2, 0.25) is 0 Å². The molecule has 0 spiro atoms. The van der Waals surface area contributed by atoms with E-state index in [2.05, 4.69) is 9.71 Å². The number of alkyl halides is 3. The third kappa shape index (κ3) is 9.13. The minimum absolute atomic E-state index is 0.00264. The number of Topliss-reactive ketones (excluding diaryl/α,β-unsaturated/α-hetero) is 1. The van der Waals surface area contributed by atoms with Gasteiger partial charge in [-0.2, -0.15) is 13.2 Å². The van der Waals surface area contributed by atoms with Crippen LogP contribution < -0.4 is 14.2 Å². The highest BCUT2D eigenvalue weighted by Crippen LogP contribution is 2.57. The molecule has 0 radical (unpaired) electrons. The van der Waals surface area contributed by atoms with Crippen LogP contribution in [0.1, 0.15) is 91.9 Å². The lowest BCUT2D eigenvalue weighted by molar-refractivity contribution is -0.257. The standard InChI is InChI=1S/C41H51F4N3O9S/c1-6-24-15-23(2)9-7-8-10-26-20-40(26,38(52)47-58(53,54)28-11-12-28)21-33(49)32-17-27(56-36-29-18-31(42)34(55-5)16-25(29)13-14-46-36)22-48(32)37(51)30(24)19-35(50)57-39(3,4)41(43,44)45/h8,10,13-14,16,18,23-24,26-28,30,32H,6-7,9,11-12,15,17,19-22H2,1-5H3,(H,47,52)/b10-8-/t23-,24-,26-,27-,30+,32+,40-/m1/s1. The number of allylic oxidation sites excluding steroid dienone is 2. The Morgan fingerprint density at radius 3 is 2.48 bits per heavy atom. The fourth-order valence-electron chi connectivity index (χ4n) is 8.36. The van der Waals surface area contributed by atoms with E-state index in [0.29, 0.717) is 43.9 Å². The molecule has 1 N–H and O–H groups in total. The van der Waals surface area contributed by atoms with E-state index < -0.39 is 105 Å². The molecule has 3 fully saturated rings. The lowest BCUT2D eigenvalue weighted by Crippen LogP contribution is -2.48. The molecule has 2 amide bonds. The van der Waals surface area contributed by atoms with E-state index in [4.69, 9.17) is 14.2 Å². The average molecular weight is 838 g/mol. The third-order valence-electron chi connectivity index (χ3n) is 12.2. The number of carbonyl (C=O) groups is 4. The number of ketones is 1. The summed E-state index contributed by atoms with van der Waals surface area (Å²) in [6, 6.07) is 3.05. The second-order valence-corrected chi connectivity index (χ2v) is 18.9. The quantitative estimate of drug-likeness (QED) is 0.157. The molecule has 1 aromatic carbocycles. The number of carbonyl (C=O) groups excluding carboxylic acids is 4. The van der Waals surface area contributed by atoms with Crippen molar-refractivity contribution >= 4 is 44.4 Å². The smallest absolute Gasteiger partial charge is 0.427 e. The van der Waals surface area contributed by atoms with E-state index in [1.54, 1.807) is 6.07 Å². The van der Waals surface area contributed by atoms with Crippen LogP contribution in [0.5, 0.6) is 11.6 Å². The Balaban J connectivity index is 1.37. The number of rotatable bonds is 10. The molecule has 318 valence electrons. The normalized spacial score (nSPS) is 29.1. The highest BCUT2D eigenvalue weighted by Gasteiger charge is 2.62. The summed E-state index contributed by atoms with van der Waals surface area (Å²) in [4.78, 5) is 62.3. The molecule has 3 heterocycles. The number of nitrogens with zero attached hydrogens (tertiary/aromatic N) is 2. The highest BCUT2D eigenvalue weighted by molar-refractivity contribution is 7.90. The van der Waals surface area contributed by atoms with Crippen molar-refractivity contribution in [1.82, 2.24) is 14.6 Å². The zero-order chi connectivity index (χ0) is 42.4. The number of amides is 2. The first-order valence-corrected chi connectivity index (χ1v) is 21.4. The summed E-state index contributed by atoms with van der Waals surface area (Å²) in [5.74, 6) is -6.05. The van der Waals surface area contributed by atoms with Gasteiger partial charge in [-0.25, -0.2) is 17.8 Å². The van der Waals surface area contributed by atoms with Crippen molar-refractivity contribution in [2.75, 3.05) is 13.7 Å². The maximum Gasteiger partial charge on any atom is 0.427 e. The predicted octanol–water partition coefficient (Wildman–Crippen LogP) is 6.60.